The van der Waals surface area contributed by atoms with Crippen molar-refractivity contribution in [2.75, 3.05) is 0 Å². The lowest BCUT2D eigenvalue weighted by atomic mass is 9.94. The maximum absolute atomic E-state index is 5.62. The summed E-state index contributed by atoms with van der Waals surface area (Å²) in [5.41, 5.74) is 4.21. The van der Waals surface area contributed by atoms with Gasteiger partial charge in [0.15, 0.2) is 0 Å². The SMILES string of the molecule is [B]c1ccc(-c2occ(C)c2C)cc1. The Labute approximate surface area is 85.2 Å². The summed E-state index contributed by atoms with van der Waals surface area (Å²) in [6.45, 7) is 4.10. The largest absolute Gasteiger partial charge is 0.464 e. The van der Waals surface area contributed by atoms with Crippen molar-refractivity contribution in [3.63, 3.8) is 0 Å². The predicted octanol–water partition coefficient (Wildman–Crippen LogP) is 2.36. The maximum atomic E-state index is 5.62. The van der Waals surface area contributed by atoms with Crippen molar-refractivity contribution >= 4 is 13.3 Å². The van der Waals surface area contributed by atoms with Crippen molar-refractivity contribution in [1.82, 2.24) is 0 Å². The van der Waals surface area contributed by atoms with E-state index in [2.05, 4.69) is 6.92 Å². The Kier molecular flexibility index (Phi) is 2.20. The van der Waals surface area contributed by atoms with Gasteiger partial charge in [-0.2, -0.15) is 0 Å². The molecule has 0 bridgehead atoms. The molecule has 68 valence electrons. The second-order valence-electron chi connectivity index (χ2n) is 3.49. The van der Waals surface area contributed by atoms with Gasteiger partial charge >= 0.3 is 0 Å². The lowest BCUT2D eigenvalue weighted by molar-refractivity contribution is 0.579. The van der Waals surface area contributed by atoms with Crippen molar-refractivity contribution in [3.8, 4) is 11.3 Å². The fraction of sp³-hybridized carbons (Fsp3) is 0.167. The molecule has 0 aliphatic heterocycles. The molecular formula is C12H11BO. The van der Waals surface area contributed by atoms with Gasteiger partial charge in [-0.05, 0) is 25.0 Å². The standard InChI is InChI=1S/C12H11BO/c1-8-7-14-12(9(8)2)10-3-5-11(13)6-4-10/h3-7H,1-2H3. The molecule has 0 saturated carbocycles. The van der Waals surface area contributed by atoms with Gasteiger partial charge in [0, 0.05) is 5.56 Å². The van der Waals surface area contributed by atoms with E-state index in [1.807, 2.05) is 31.2 Å². The highest BCUT2D eigenvalue weighted by Crippen LogP contribution is 2.26. The molecule has 0 unspecified atom stereocenters. The minimum Gasteiger partial charge on any atom is -0.464 e. The molecule has 0 spiro atoms. The second kappa shape index (κ2) is 3.37. The maximum Gasteiger partial charge on any atom is 0.137 e. The smallest absolute Gasteiger partial charge is 0.137 e. The first kappa shape index (κ1) is 9.13. The van der Waals surface area contributed by atoms with E-state index in [0.717, 1.165) is 16.8 Å². The van der Waals surface area contributed by atoms with Crippen molar-refractivity contribution in [3.05, 3.63) is 41.7 Å². The van der Waals surface area contributed by atoms with Crippen LogP contribution in [0.15, 0.2) is 34.9 Å². The van der Waals surface area contributed by atoms with E-state index in [-0.39, 0.29) is 0 Å². The van der Waals surface area contributed by atoms with Gasteiger partial charge in [0.25, 0.3) is 0 Å². The molecular weight excluding hydrogens is 171 g/mol. The predicted molar refractivity (Wildman–Crippen MR) is 59.0 cm³/mol. The zero-order valence-electron chi connectivity index (χ0n) is 8.37. The van der Waals surface area contributed by atoms with Crippen LogP contribution in [-0.4, -0.2) is 7.85 Å². The molecule has 0 aliphatic carbocycles. The highest BCUT2D eigenvalue weighted by Gasteiger charge is 2.07. The summed E-state index contributed by atoms with van der Waals surface area (Å²) in [6, 6.07) is 7.71. The summed E-state index contributed by atoms with van der Waals surface area (Å²) in [5, 5.41) is 0. The van der Waals surface area contributed by atoms with Crippen LogP contribution in [0.2, 0.25) is 0 Å². The first-order valence-corrected chi connectivity index (χ1v) is 4.59. The molecule has 2 heteroatoms. The monoisotopic (exact) mass is 182 g/mol. The Morgan fingerprint density at radius 3 is 2.21 bits per heavy atom. The molecule has 2 radical (unpaired) electrons. The van der Waals surface area contributed by atoms with E-state index in [0.29, 0.717) is 0 Å². The van der Waals surface area contributed by atoms with Gasteiger partial charge in [0.05, 0.1) is 6.26 Å². The van der Waals surface area contributed by atoms with Crippen molar-refractivity contribution in [2.24, 2.45) is 0 Å². The highest BCUT2D eigenvalue weighted by molar-refractivity contribution is 6.32. The summed E-state index contributed by atoms with van der Waals surface area (Å²) in [5.74, 6) is 0.933. The summed E-state index contributed by atoms with van der Waals surface area (Å²) >= 11 is 0. The third-order valence-electron chi connectivity index (χ3n) is 2.46. The van der Waals surface area contributed by atoms with Gasteiger partial charge in [-0.1, -0.05) is 29.7 Å². The van der Waals surface area contributed by atoms with Crippen LogP contribution < -0.4 is 5.46 Å². The molecule has 1 heterocycles. The molecule has 1 nitrogen and oxygen atoms in total. The van der Waals surface area contributed by atoms with Gasteiger partial charge in [-0.3, -0.25) is 0 Å². The Bertz CT molecular complexity index is 440. The summed E-state index contributed by atoms with van der Waals surface area (Å²) in [4.78, 5) is 0. The minimum absolute atomic E-state index is 0.773. The minimum atomic E-state index is 0.773. The van der Waals surface area contributed by atoms with E-state index < -0.39 is 0 Å². The van der Waals surface area contributed by atoms with Gasteiger partial charge in [0.1, 0.15) is 13.6 Å². The molecule has 14 heavy (non-hydrogen) atoms. The summed E-state index contributed by atoms with van der Waals surface area (Å²) < 4.78 is 5.48. The van der Waals surface area contributed by atoms with Crippen LogP contribution >= 0.6 is 0 Å². The third-order valence-corrected chi connectivity index (χ3v) is 2.46. The molecule has 2 rings (SSSR count). The van der Waals surface area contributed by atoms with Crippen LogP contribution in [-0.2, 0) is 0 Å². The van der Waals surface area contributed by atoms with E-state index in [1.54, 1.807) is 6.26 Å². The molecule has 0 amide bonds. The fourth-order valence-electron chi connectivity index (χ4n) is 1.42. The van der Waals surface area contributed by atoms with Gasteiger partial charge in [-0.15, -0.1) is 0 Å². The highest BCUT2D eigenvalue weighted by atomic mass is 16.3. The first-order valence-electron chi connectivity index (χ1n) is 4.59. The third kappa shape index (κ3) is 1.48. The quantitative estimate of drug-likeness (QED) is 0.617. The van der Waals surface area contributed by atoms with Gasteiger partial charge < -0.3 is 4.42 Å². The Morgan fingerprint density at radius 2 is 1.71 bits per heavy atom. The number of rotatable bonds is 1. The Morgan fingerprint density at radius 1 is 1.07 bits per heavy atom. The van der Waals surface area contributed by atoms with E-state index in [4.69, 9.17) is 12.3 Å². The van der Waals surface area contributed by atoms with Crippen LogP contribution in [0.4, 0.5) is 0 Å². The van der Waals surface area contributed by atoms with Crippen LogP contribution in [0.1, 0.15) is 11.1 Å². The number of benzene rings is 1. The van der Waals surface area contributed by atoms with Gasteiger partial charge in [0.2, 0.25) is 0 Å². The van der Waals surface area contributed by atoms with Crippen molar-refractivity contribution in [1.29, 1.82) is 0 Å². The number of hydrogen-bond acceptors (Lipinski definition) is 1. The molecule has 2 aromatic rings. The van der Waals surface area contributed by atoms with Gasteiger partial charge in [-0.25, -0.2) is 0 Å². The fourth-order valence-corrected chi connectivity index (χ4v) is 1.42. The zero-order valence-corrected chi connectivity index (χ0v) is 8.37. The molecule has 0 atom stereocenters. The van der Waals surface area contributed by atoms with E-state index >= 15 is 0 Å². The topological polar surface area (TPSA) is 13.1 Å². The lowest BCUT2D eigenvalue weighted by Crippen LogP contribution is -1.99. The van der Waals surface area contributed by atoms with Crippen LogP contribution in [0.25, 0.3) is 11.3 Å². The average molecular weight is 182 g/mol. The number of furan rings is 1. The van der Waals surface area contributed by atoms with E-state index in [9.17, 15) is 0 Å². The molecule has 0 N–H and O–H groups in total. The van der Waals surface area contributed by atoms with Crippen LogP contribution in [0, 0.1) is 13.8 Å². The zero-order chi connectivity index (χ0) is 10.1. The van der Waals surface area contributed by atoms with Crippen LogP contribution in [0.5, 0.6) is 0 Å². The summed E-state index contributed by atoms with van der Waals surface area (Å²) in [7, 11) is 5.62. The Hall–Kier alpha value is -1.44. The second-order valence-corrected chi connectivity index (χ2v) is 3.49. The molecule has 1 aromatic carbocycles. The first-order chi connectivity index (χ1) is 6.68. The summed E-state index contributed by atoms with van der Waals surface area (Å²) in [6.07, 6.45) is 1.78. The average Bonchev–Trinajstić information content (AvgIpc) is 2.50. The Balaban J connectivity index is 2.49. The van der Waals surface area contributed by atoms with Crippen molar-refractivity contribution < 1.29 is 4.42 Å². The molecule has 1 aromatic heterocycles. The lowest BCUT2D eigenvalue weighted by Gasteiger charge is -1.99. The molecule has 0 fully saturated rings. The molecule has 0 aliphatic rings. The number of aryl methyl sites for hydroxylation is 1. The molecule has 0 saturated heterocycles. The van der Waals surface area contributed by atoms with E-state index in [1.165, 1.54) is 11.1 Å². The van der Waals surface area contributed by atoms with Crippen LogP contribution in [0.3, 0.4) is 0 Å². The number of hydrogen-bond donors (Lipinski definition) is 0. The van der Waals surface area contributed by atoms with Crippen molar-refractivity contribution in [2.45, 2.75) is 13.8 Å². The normalized spacial score (nSPS) is 10.4.